The Morgan fingerprint density at radius 2 is 1.59 bits per heavy atom. The van der Waals surface area contributed by atoms with Crippen molar-refractivity contribution in [1.29, 1.82) is 0 Å². The van der Waals surface area contributed by atoms with Gasteiger partial charge in [0.25, 0.3) is 15.9 Å². The number of anilines is 2. The first-order valence-electron chi connectivity index (χ1n) is 9.40. The Bertz CT molecular complexity index is 1140. The van der Waals surface area contributed by atoms with Crippen molar-refractivity contribution in [2.24, 2.45) is 0 Å². The van der Waals surface area contributed by atoms with Gasteiger partial charge in [-0.25, -0.2) is 8.42 Å². The van der Waals surface area contributed by atoms with Crippen LogP contribution in [-0.4, -0.2) is 14.3 Å². The molecule has 1 amide bonds. The summed E-state index contributed by atoms with van der Waals surface area (Å²) >= 11 is 0. The highest BCUT2D eigenvalue weighted by Crippen LogP contribution is 2.25. The minimum absolute atomic E-state index is 0.144. The van der Waals surface area contributed by atoms with E-state index in [1.807, 2.05) is 39.0 Å². The molecule has 0 saturated heterocycles. The van der Waals surface area contributed by atoms with Crippen molar-refractivity contribution in [2.75, 3.05) is 10.0 Å². The smallest absolute Gasteiger partial charge is 0.261 e. The molecule has 0 saturated carbocycles. The van der Waals surface area contributed by atoms with E-state index in [1.165, 1.54) is 0 Å². The highest BCUT2D eigenvalue weighted by atomic mass is 32.2. The SMILES string of the molecule is CCc1cccc(C)c1NC(=O)c1ccccc1NS(=O)(=O)c1ccc(C)cc1. The molecule has 3 aromatic rings. The molecule has 0 spiro atoms. The van der Waals surface area contributed by atoms with Gasteiger partial charge in [-0.3, -0.25) is 9.52 Å². The number of carbonyl (C=O) groups is 1. The Kier molecular flexibility index (Phi) is 6.03. The number of sulfonamides is 1. The Balaban J connectivity index is 1.91. The third-order valence-corrected chi connectivity index (χ3v) is 6.11. The number of hydrogen-bond donors (Lipinski definition) is 2. The van der Waals surface area contributed by atoms with Crippen LogP contribution < -0.4 is 10.0 Å². The molecular formula is C23H24N2O3S. The third-order valence-electron chi connectivity index (χ3n) is 4.73. The number of carbonyl (C=O) groups excluding carboxylic acids is 1. The summed E-state index contributed by atoms with van der Waals surface area (Å²) in [6.07, 6.45) is 0.777. The molecule has 150 valence electrons. The first-order chi connectivity index (χ1) is 13.8. The molecule has 0 fully saturated rings. The molecule has 29 heavy (non-hydrogen) atoms. The summed E-state index contributed by atoms with van der Waals surface area (Å²) in [5, 5.41) is 2.95. The Hall–Kier alpha value is -3.12. The lowest BCUT2D eigenvalue weighted by Crippen LogP contribution is -2.19. The van der Waals surface area contributed by atoms with E-state index in [2.05, 4.69) is 10.0 Å². The molecule has 0 atom stereocenters. The van der Waals surface area contributed by atoms with Crippen LogP contribution in [0.1, 0.15) is 34.0 Å². The summed E-state index contributed by atoms with van der Waals surface area (Å²) in [7, 11) is -3.81. The quantitative estimate of drug-likeness (QED) is 0.608. The van der Waals surface area contributed by atoms with Crippen molar-refractivity contribution < 1.29 is 13.2 Å². The van der Waals surface area contributed by atoms with Crippen LogP contribution in [0.2, 0.25) is 0 Å². The average molecular weight is 409 g/mol. The van der Waals surface area contributed by atoms with Crippen molar-refractivity contribution in [3.63, 3.8) is 0 Å². The van der Waals surface area contributed by atoms with Gasteiger partial charge in [0.2, 0.25) is 0 Å². The molecule has 3 rings (SSSR count). The van der Waals surface area contributed by atoms with E-state index in [9.17, 15) is 13.2 Å². The summed E-state index contributed by atoms with van der Waals surface area (Å²) in [6.45, 7) is 5.84. The first kappa shape index (κ1) is 20.6. The Labute approximate surface area is 171 Å². The second-order valence-electron chi connectivity index (χ2n) is 6.88. The van der Waals surface area contributed by atoms with E-state index in [1.54, 1.807) is 48.5 Å². The fourth-order valence-electron chi connectivity index (χ4n) is 3.07. The number of aryl methyl sites for hydroxylation is 3. The normalized spacial score (nSPS) is 11.1. The maximum atomic E-state index is 13.0. The van der Waals surface area contributed by atoms with Gasteiger partial charge in [-0.15, -0.1) is 0 Å². The first-order valence-corrected chi connectivity index (χ1v) is 10.9. The number of hydrogen-bond acceptors (Lipinski definition) is 3. The van der Waals surface area contributed by atoms with Gasteiger partial charge in [-0.05, 0) is 55.7 Å². The Morgan fingerprint density at radius 1 is 0.897 bits per heavy atom. The molecule has 0 bridgehead atoms. The zero-order chi connectivity index (χ0) is 21.0. The maximum Gasteiger partial charge on any atom is 0.261 e. The zero-order valence-corrected chi connectivity index (χ0v) is 17.5. The van der Waals surface area contributed by atoms with Gasteiger partial charge in [0.05, 0.1) is 16.1 Å². The van der Waals surface area contributed by atoms with Gasteiger partial charge in [0.1, 0.15) is 0 Å². The monoisotopic (exact) mass is 408 g/mol. The van der Waals surface area contributed by atoms with Gasteiger partial charge in [-0.2, -0.15) is 0 Å². The van der Waals surface area contributed by atoms with Crippen LogP contribution in [0.5, 0.6) is 0 Å². The molecule has 0 unspecified atom stereocenters. The minimum atomic E-state index is -3.81. The topological polar surface area (TPSA) is 75.3 Å². The molecule has 0 heterocycles. The summed E-state index contributed by atoms with van der Waals surface area (Å²) in [5.74, 6) is -0.365. The molecule has 6 heteroatoms. The second kappa shape index (κ2) is 8.49. The van der Waals surface area contributed by atoms with Crippen LogP contribution in [0.4, 0.5) is 11.4 Å². The van der Waals surface area contributed by atoms with Gasteiger partial charge in [0.15, 0.2) is 0 Å². The lowest BCUT2D eigenvalue weighted by Gasteiger charge is -2.16. The van der Waals surface area contributed by atoms with Crippen molar-refractivity contribution in [1.82, 2.24) is 0 Å². The van der Waals surface area contributed by atoms with E-state index in [0.717, 1.165) is 28.8 Å². The molecule has 0 radical (unpaired) electrons. The molecule has 0 aliphatic heterocycles. The van der Waals surface area contributed by atoms with E-state index in [4.69, 9.17) is 0 Å². The number of para-hydroxylation sites is 2. The summed E-state index contributed by atoms with van der Waals surface area (Å²) in [4.78, 5) is 13.1. The molecule has 0 aliphatic carbocycles. The van der Waals surface area contributed by atoms with Crippen LogP contribution in [0, 0.1) is 13.8 Å². The lowest BCUT2D eigenvalue weighted by atomic mass is 10.1. The highest BCUT2D eigenvalue weighted by Gasteiger charge is 2.19. The van der Waals surface area contributed by atoms with E-state index in [0.29, 0.717) is 0 Å². The number of benzene rings is 3. The minimum Gasteiger partial charge on any atom is -0.321 e. The fraction of sp³-hybridized carbons (Fsp3) is 0.174. The number of rotatable bonds is 6. The average Bonchev–Trinajstić information content (AvgIpc) is 2.70. The number of amides is 1. The maximum absolute atomic E-state index is 13.0. The molecule has 0 aliphatic rings. The van der Waals surface area contributed by atoms with E-state index >= 15 is 0 Å². The molecule has 2 N–H and O–H groups in total. The number of nitrogens with one attached hydrogen (secondary N) is 2. The molecule has 5 nitrogen and oxygen atoms in total. The standard InChI is InChI=1S/C23H24N2O3S/c1-4-18-9-7-8-17(3)22(18)24-23(26)20-10-5-6-11-21(20)25-29(27,28)19-14-12-16(2)13-15-19/h5-15,25H,4H2,1-3H3,(H,24,26). The van der Waals surface area contributed by atoms with Crippen LogP contribution in [0.15, 0.2) is 71.6 Å². The van der Waals surface area contributed by atoms with Crippen molar-refractivity contribution in [3.8, 4) is 0 Å². The second-order valence-corrected chi connectivity index (χ2v) is 8.56. The molecule has 3 aromatic carbocycles. The van der Waals surface area contributed by atoms with Crippen LogP contribution in [-0.2, 0) is 16.4 Å². The molecule has 0 aromatic heterocycles. The van der Waals surface area contributed by atoms with Gasteiger partial charge in [-0.1, -0.05) is 55.0 Å². The predicted molar refractivity (Wildman–Crippen MR) is 117 cm³/mol. The van der Waals surface area contributed by atoms with Gasteiger partial charge in [0, 0.05) is 5.69 Å². The largest absolute Gasteiger partial charge is 0.321 e. The fourth-order valence-corrected chi connectivity index (χ4v) is 4.15. The summed E-state index contributed by atoms with van der Waals surface area (Å²) < 4.78 is 28.1. The van der Waals surface area contributed by atoms with Crippen LogP contribution in [0.3, 0.4) is 0 Å². The van der Waals surface area contributed by atoms with Crippen LogP contribution >= 0.6 is 0 Å². The van der Waals surface area contributed by atoms with Crippen molar-refractivity contribution >= 4 is 27.3 Å². The van der Waals surface area contributed by atoms with Gasteiger partial charge < -0.3 is 5.32 Å². The lowest BCUT2D eigenvalue weighted by molar-refractivity contribution is 0.102. The summed E-state index contributed by atoms with van der Waals surface area (Å²) in [5.41, 5.74) is 4.20. The van der Waals surface area contributed by atoms with E-state index in [-0.39, 0.29) is 22.1 Å². The summed E-state index contributed by atoms with van der Waals surface area (Å²) in [6, 6.07) is 19.0. The van der Waals surface area contributed by atoms with Crippen molar-refractivity contribution in [2.45, 2.75) is 32.1 Å². The predicted octanol–water partition coefficient (Wildman–Crippen LogP) is 4.92. The Morgan fingerprint density at radius 3 is 2.28 bits per heavy atom. The van der Waals surface area contributed by atoms with Crippen LogP contribution in [0.25, 0.3) is 0 Å². The van der Waals surface area contributed by atoms with Crippen molar-refractivity contribution in [3.05, 3.63) is 89.0 Å². The van der Waals surface area contributed by atoms with Gasteiger partial charge >= 0.3 is 0 Å². The zero-order valence-electron chi connectivity index (χ0n) is 16.7. The molecular weight excluding hydrogens is 384 g/mol. The highest BCUT2D eigenvalue weighted by molar-refractivity contribution is 7.92. The third kappa shape index (κ3) is 4.66. The van der Waals surface area contributed by atoms with E-state index < -0.39 is 10.0 Å².